The Labute approximate surface area is 162 Å². The average Bonchev–Trinajstić information content (AvgIpc) is 3.17. The molecule has 2 aromatic rings. The molecule has 5 nitrogen and oxygen atoms in total. The Bertz CT molecular complexity index is 891. The van der Waals surface area contributed by atoms with Crippen molar-refractivity contribution in [3.63, 3.8) is 0 Å². The Balaban J connectivity index is 1.72. The van der Waals surface area contributed by atoms with Gasteiger partial charge in [-0.2, -0.15) is 4.31 Å². The van der Waals surface area contributed by atoms with Crippen molar-refractivity contribution in [1.29, 1.82) is 0 Å². The molecule has 3 rings (SSSR count). The predicted octanol–water partition coefficient (Wildman–Crippen LogP) is 3.72. The third-order valence-corrected chi connectivity index (χ3v) is 7.17. The number of carbonyl (C=O) groups excluding carboxylic acids is 1. The monoisotopic (exact) mass is 436 g/mol. The van der Waals surface area contributed by atoms with E-state index >= 15 is 0 Å². The second-order valence-corrected chi connectivity index (χ2v) is 9.14. The number of sulfonamides is 1. The first-order valence-corrected chi connectivity index (χ1v) is 10.8. The van der Waals surface area contributed by atoms with Gasteiger partial charge in [0.2, 0.25) is 10.0 Å². The van der Waals surface area contributed by atoms with Crippen LogP contribution >= 0.6 is 15.9 Å². The number of hydrogen-bond donors (Lipinski definition) is 1. The molecule has 0 aromatic heterocycles. The van der Waals surface area contributed by atoms with Crippen LogP contribution in [0.25, 0.3) is 0 Å². The largest absolute Gasteiger partial charge is 0.345 e. The van der Waals surface area contributed by atoms with Gasteiger partial charge in [-0.05, 0) is 55.7 Å². The molecular weight excluding hydrogens is 416 g/mol. The van der Waals surface area contributed by atoms with E-state index < -0.39 is 10.0 Å². The van der Waals surface area contributed by atoms with Crippen LogP contribution in [0.1, 0.15) is 41.7 Å². The van der Waals surface area contributed by atoms with Gasteiger partial charge in [-0.1, -0.05) is 34.1 Å². The van der Waals surface area contributed by atoms with E-state index in [1.54, 1.807) is 12.1 Å². The van der Waals surface area contributed by atoms with E-state index in [0.29, 0.717) is 18.7 Å². The van der Waals surface area contributed by atoms with Gasteiger partial charge in [0.05, 0.1) is 10.9 Å². The second-order valence-electron chi connectivity index (χ2n) is 6.35. The number of rotatable bonds is 5. The smallest absolute Gasteiger partial charge is 0.251 e. The van der Waals surface area contributed by atoms with Crippen molar-refractivity contribution in [2.24, 2.45) is 0 Å². The lowest BCUT2D eigenvalue weighted by atomic mass is 10.1. The lowest BCUT2D eigenvalue weighted by Gasteiger charge is -2.17. The summed E-state index contributed by atoms with van der Waals surface area (Å²) in [6, 6.07) is 13.7. The molecule has 1 saturated heterocycles. The summed E-state index contributed by atoms with van der Waals surface area (Å²) in [5.74, 6) is -0.238. The number of carbonyl (C=O) groups is 1. The molecular formula is C19H21BrN2O3S. The number of benzene rings is 2. The van der Waals surface area contributed by atoms with Gasteiger partial charge in [0.1, 0.15) is 0 Å². The molecule has 138 valence electrons. The number of nitrogens with zero attached hydrogens (tertiary/aromatic N) is 1. The Morgan fingerprint density at radius 3 is 2.31 bits per heavy atom. The van der Waals surface area contributed by atoms with Crippen molar-refractivity contribution in [2.45, 2.75) is 30.7 Å². The predicted molar refractivity (Wildman–Crippen MR) is 104 cm³/mol. The first-order valence-electron chi connectivity index (χ1n) is 8.55. The minimum atomic E-state index is -3.46. The van der Waals surface area contributed by atoms with Gasteiger partial charge in [0.15, 0.2) is 0 Å². The third kappa shape index (κ3) is 4.00. The first kappa shape index (κ1) is 19.1. The molecule has 2 aromatic carbocycles. The van der Waals surface area contributed by atoms with Crippen molar-refractivity contribution in [2.75, 3.05) is 13.1 Å². The summed E-state index contributed by atoms with van der Waals surface area (Å²) < 4.78 is 27.5. The second kappa shape index (κ2) is 7.90. The molecule has 26 heavy (non-hydrogen) atoms. The maximum atomic E-state index is 12.5. The zero-order valence-electron chi connectivity index (χ0n) is 14.5. The highest BCUT2D eigenvalue weighted by atomic mass is 79.9. The van der Waals surface area contributed by atoms with Gasteiger partial charge < -0.3 is 5.32 Å². The molecule has 1 aliphatic heterocycles. The average molecular weight is 437 g/mol. The zero-order valence-corrected chi connectivity index (χ0v) is 16.9. The minimum absolute atomic E-state index is 0.175. The van der Waals surface area contributed by atoms with Crippen LogP contribution in [0.2, 0.25) is 0 Å². The highest BCUT2D eigenvalue weighted by Crippen LogP contribution is 2.24. The normalized spacial score (nSPS) is 16.4. The van der Waals surface area contributed by atoms with E-state index in [-0.39, 0.29) is 16.8 Å². The highest BCUT2D eigenvalue weighted by Gasteiger charge is 2.27. The summed E-state index contributed by atoms with van der Waals surface area (Å²) in [6.45, 7) is 3.03. The van der Waals surface area contributed by atoms with Crippen LogP contribution in [0.3, 0.4) is 0 Å². The Hall–Kier alpha value is -1.70. The molecule has 1 N–H and O–H groups in total. The van der Waals surface area contributed by atoms with Crippen LogP contribution in [-0.2, 0) is 10.0 Å². The van der Waals surface area contributed by atoms with Gasteiger partial charge in [-0.3, -0.25) is 4.79 Å². The van der Waals surface area contributed by atoms with Crippen LogP contribution in [0.15, 0.2) is 57.9 Å². The maximum absolute atomic E-state index is 12.5. The molecule has 1 heterocycles. The molecule has 7 heteroatoms. The van der Waals surface area contributed by atoms with Crippen LogP contribution in [0, 0.1) is 0 Å². The SMILES string of the molecule is CC(NC(=O)c1ccc(S(=O)(=O)N2CCCC2)cc1)c1ccccc1Br. The van der Waals surface area contributed by atoms with E-state index in [1.165, 1.54) is 16.4 Å². The Kier molecular flexibility index (Phi) is 5.79. The first-order chi connectivity index (χ1) is 12.4. The molecule has 0 aliphatic carbocycles. The summed E-state index contributed by atoms with van der Waals surface area (Å²) >= 11 is 3.48. The van der Waals surface area contributed by atoms with Gasteiger partial charge in [-0.25, -0.2) is 8.42 Å². The van der Waals surface area contributed by atoms with Crippen LogP contribution in [0.4, 0.5) is 0 Å². The fourth-order valence-electron chi connectivity index (χ4n) is 3.04. The minimum Gasteiger partial charge on any atom is -0.345 e. The van der Waals surface area contributed by atoms with Gasteiger partial charge >= 0.3 is 0 Å². The summed E-state index contributed by atoms with van der Waals surface area (Å²) in [7, 11) is -3.46. The van der Waals surface area contributed by atoms with E-state index in [0.717, 1.165) is 22.9 Å². The molecule has 1 atom stereocenters. The number of halogens is 1. The molecule has 1 unspecified atom stereocenters. The molecule has 1 amide bonds. The highest BCUT2D eigenvalue weighted by molar-refractivity contribution is 9.10. The number of amides is 1. The van der Waals surface area contributed by atoms with Gasteiger partial charge in [-0.15, -0.1) is 0 Å². The van der Waals surface area contributed by atoms with E-state index in [4.69, 9.17) is 0 Å². The van der Waals surface area contributed by atoms with E-state index in [9.17, 15) is 13.2 Å². The summed E-state index contributed by atoms with van der Waals surface area (Å²) in [4.78, 5) is 12.7. The van der Waals surface area contributed by atoms with Gasteiger partial charge in [0.25, 0.3) is 5.91 Å². The molecule has 1 aliphatic rings. The number of nitrogens with one attached hydrogen (secondary N) is 1. The third-order valence-electron chi connectivity index (χ3n) is 4.54. The van der Waals surface area contributed by atoms with Crippen molar-refractivity contribution in [3.05, 3.63) is 64.1 Å². The summed E-state index contributed by atoms with van der Waals surface area (Å²) in [6.07, 6.45) is 1.79. The van der Waals surface area contributed by atoms with E-state index in [1.807, 2.05) is 31.2 Å². The molecule has 0 saturated carbocycles. The van der Waals surface area contributed by atoms with Crippen LogP contribution in [-0.4, -0.2) is 31.7 Å². The van der Waals surface area contributed by atoms with Crippen molar-refractivity contribution >= 4 is 31.9 Å². The lowest BCUT2D eigenvalue weighted by Crippen LogP contribution is -2.28. The molecule has 0 spiro atoms. The fraction of sp³-hybridized carbons (Fsp3) is 0.316. The van der Waals surface area contributed by atoms with Crippen molar-refractivity contribution < 1.29 is 13.2 Å². The van der Waals surface area contributed by atoms with Crippen LogP contribution in [0.5, 0.6) is 0 Å². The van der Waals surface area contributed by atoms with Gasteiger partial charge in [0, 0.05) is 23.1 Å². The molecule has 0 radical (unpaired) electrons. The summed E-state index contributed by atoms with van der Waals surface area (Å²) in [5.41, 5.74) is 1.42. The zero-order chi connectivity index (χ0) is 18.7. The number of hydrogen-bond acceptors (Lipinski definition) is 3. The van der Waals surface area contributed by atoms with Crippen LogP contribution < -0.4 is 5.32 Å². The molecule has 0 bridgehead atoms. The Morgan fingerprint density at radius 1 is 1.08 bits per heavy atom. The summed E-state index contributed by atoms with van der Waals surface area (Å²) in [5, 5.41) is 2.94. The Morgan fingerprint density at radius 2 is 1.69 bits per heavy atom. The quantitative estimate of drug-likeness (QED) is 0.776. The maximum Gasteiger partial charge on any atom is 0.251 e. The standard InChI is InChI=1S/C19H21BrN2O3S/c1-14(17-6-2-3-7-18(17)20)21-19(23)15-8-10-16(11-9-15)26(24,25)22-12-4-5-13-22/h2-3,6-11,14H,4-5,12-13H2,1H3,(H,21,23). The molecule has 1 fully saturated rings. The van der Waals surface area contributed by atoms with Crippen molar-refractivity contribution in [3.8, 4) is 0 Å². The topological polar surface area (TPSA) is 66.5 Å². The lowest BCUT2D eigenvalue weighted by molar-refractivity contribution is 0.0939. The fourth-order valence-corrected chi connectivity index (χ4v) is 5.19. The van der Waals surface area contributed by atoms with E-state index in [2.05, 4.69) is 21.2 Å². The van der Waals surface area contributed by atoms with Crippen molar-refractivity contribution in [1.82, 2.24) is 9.62 Å².